The summed E-state index contributed by atoms with van der Waals surface area (Å²) in [6.45, 7) is 1.86. The molecule has 8 heteroatoms. The summed E-state index contributed by atoms with van der Waals surface area (Å²) in [5.74, 6) is -0.455. The van der Waals surface area contributed by atoms with E-state index in [1.807, 2.05) is 6.92 Å². The number of rotatable bonds is 3. The molecule has 1 N–H and O–H groups in total. The quantitative estimate of drug-likeness (QED) is 0.626. The molecular formula is C13H9Br3FNO2S. The molecule has 0 aliphatic heterocycles. The van der Waals surface area contributed by atoms with Crippen molar-refractivity contribution in [3.05, 3.63) is 55.1 Å². The van der Waals surface area contributed by atoms with Crippen molar-refractivity contribution in [1.82, 2.24) is 0 Å². The van der Waals surface area contributed by atoms with Crippen LogP contribution in [0.5, 0.6) is 0 Å². The number of nitrogens with one attached hydrogen (secondary N) is 1. The van der Waals surface area contributed by atoms with Crippen molar-refractivity contribution in [2.75, 3.05) is 4.72 Å². The zero-order chi connectivity index (χ0) is 15.8. The van der Waals surface area contributed by atoms with Crippen LogP contribution in [0.25, 0.3) is 0 Å². The van der Waals surface area contributed by atoms with Crippen LogP contribution in [-0.2, 0) is 10.0 Å². The maximum absolute atomic E-state index is 13.0. The van der Waals surface area contributed by atoms with Gasteiger partial charge in [-0.2, -0.15) is 0 Å². The van der Waals surface area contributed by atoms with Crippen LogP contribution >= 0.6 is 47.8 Å². The topological polar surface area (TPSA) is 46.2 Å². The molecule has 0 aliphatic rings. The molecule has 0 atom stereocenters. The van der Waals surface area contributed by atoms with Gasteiger partial charge < -0.3 is 0 Å². The second-order valence-electron chi connectivity index (χ2n) is 4.26. The lowest BCUT2D eigenvalue weighted by atomic mass is 10.2. The molecule has 21 heavy (non-hydrogen) atoms. The maximum Gasteiger partial charge on any atom is 0.263 e. The Morgan fingerprint density at radius 1 is 1.00 bits per heavy atom. The number of hydrogen-bond acceptors (Lipinski definition) is 2. The zero-order valence-electron chi connectivity index (χ0n) is 10.6. The van der Waals surface area contributed by atoms with Crippen LogP contribution in [0, 0.1) is 12.7 Å². The van der Waals surface area contributed by atoms with Crippen LogP contribution in [0.1, 0.15) is 5.56 Å². The highest BCUT2D eigenvalue weighted by Gasteiger charge is 2.20. The number of aryl methyl sites for hydroxylation is 1. The smallest absolute Gasteiger partial charge is 0.263 e. The van der Waals surface area contributed by atoms with E-state index in [1.165, 1.54) is 24.3 Å². The monoisotopic (exact) mass is 499 g/mol. The van der Waals surface area contributed by atoms with Gasteiger partial charge in [0.2, 0.25) is 0 Å². The Bertz CT molecular complexity index is 809. The lowest BCUT2D eigenvalue weighted by molar-refractivity contribution is 0.600. The second-order valence-corrected chi connectivity index (χ2v) is 8.48. The first-order valence-electron chi connectivity index (χ1n) is 5.64. The SMILES string of the molecule is Cc1cc(Br)c(S(=O)(=O)Nc2ccc(F)cc2Br)cc1Br. The third-order valence-electron chi connectivity index (χ3n) is 2.68. The molecule has 0 saturated heterocycles. The zero-order valence-corrected chi connectivity index (χ0v) is 16.2. The van der Waals surface area contributed by atoms with Gasteiger partial charge in [0.25, 0.3) is 10.0 Å². The van der Waals surface area contributed by atoms with Crippen LogP contribution in [0.3, 0.4) is 0 Å². The highest BCUT2D eigenvalue weighted by Crippen LogP contribution is 2.31. The van der Waals surface area contributed by atoms with Crippen molar-refractivity contribution in [3.8, 4) is 0 Å². The van der Waals surface area contributed by atoms with E-state index in [0.717, 1.165) is 5.56 Å². The van der Waals surface area contributed by atoms with Crippen LogP contribution in [0.15, 0.2) is 48.6 Å². The van der Waals surface area contributed by atoms with E-state index in [2.05, 4.69) is 52.5 Å². The van der Waals surface area contributed by atoms with Crippen molar-refractivity contribution in [2.24, 2.45) is 0 Å². The summed E-state index contributed by atoms with van der Waals surface area (Å²) >= 11 is 9.69. The fraction of sp³-hybridized carbons (Fsp3) is 0.0769. The standard InChI is InChI=1S/C13H9Br3FNO2S/c1-7-4-11(16)13(6-9(7)14)21(19,20)18-12-3-2-8(17)5-10(12)15/h2-6,18H,1H3. The van der Waals surface area contributed by atoms with Crippen molar-refractivity contribution >= 4 is 63.5 Å². The number of sulfonamides is 1. The van der Waals surface area contributed by atoms with Crippen LogP contribution in [-0.4, -0.2) is 8.42 Å². The van der Waals surface area contributed by atoms with Crippen molar-refractivity contribution in [3.63, 3.8) is 0 Å². The molecule has 0 amide bonds. The van der Waals surface area contributed by atoms with Gasteiger partial charge in [0.1, 0.15) is 10.7 Å². The molecule has 0 bridgehead atoms. The lowest BCUT2D eigenvalue weighted by Gasteiger charge is -2.12. The van der Waals surface area contributed by atoms with Gasteiger partial charge in [-0.15, -0.1) is 0 Å². The Labute approximate surface area is 147 Å². The number of anilines is 1. The molecular weight excluding hydrogens is 493 g/mol. The van der Waals surface area contributed by atoms with E-state index in [-0.39, 0.29) is 10.6 Å². The Hall–Kier alpha value is -0.440. The first-order valence-corrected chi connectivity index (χ1v) is 9.50. The van der Waals surface area contributed by atoms with Crippen LogP contribution < -0.4 is 4.72 Å². The summed E-state index contributed by atoms with van der Waals surface area (Å²) in [7, 11) is -3.80. The molecule has 0 spiro atoms. The summed E-state index contributed by atoms with van der Waals surface area (Å²) in [4.78, 5) is 0.0937. The first-order chi connectivity index (χ1) is 9.70. The van der Waals surface area contributed by atoms with E-state index in [4.69, 9.17) is 0 Å². The molecule has 0 saturated carbocycles. The van der Waals surface area contributed by atoms with E-state index < -0.39 is 15.8 Å². The normalized spacial score (nSPS) is 11.5. The fourth-order valence-electron chi connectivity index (χ4n) is 1.61. The molecule has 2 aromatic rings. The van der Waals surface area contributed by atoms with E-state index in [0.29, 0.717) is 13.4 Å². The van der Waals surface area contributed by atoms with Crippen molar-refractivity contribution in [1.29, 1.82) is 0 Å². The Balaban J connectivity index is 2.46. The third kappa shape index (κ3) is 3.85. The summed E-state index contributed by atoms with van der Waals surface area (Å²) < 4.78 is 41.8. The second kappa shape index (κ2) is 6.36. The predicted molar refractivity (Wildman–Crippen MR) is 91.5 cm³/mol. The van der Waals surface area contributed by atoms with Gasteiger partial charge in [-0.05, 0) is 74.7 Å². The van der Waals surface area contributed by atoms with Crippen LogP contribution in [0.4, 0.5) is 10.1 Å². The van der Waals surface area contributed by atoms with E-state index in [1.54, 1.807) is 6.07 Å². The van der Waals surface area contributed by atoms with Gasteiger partial charge in [0.05, 0.1) is 5.69 Å². The van der Waals surface area contributed by atoms with Crippen molar-refractivity contribution in [2.45, 2.75) is 11.8 Å². The molecule has 112 valence electrons. The molecule has 0 radical (unpaired) electrons. The van der Waals surface area contributed by atoms with Crippen LogP contribution in [0.2, 0.25) is 0 Å². The van der Waals surface area contributed by atoms with E-state index >= 15 is 0 Å². The first kappa shape index (κ1) is 16.9. The number of benzene rings is 2. The number of halogens is 4. The lowest BCUT2D eigenvalue weighted by Crippen LogP contribution is -2.14. The maximum atomic E-state index is 13.0. The molecule has 2 rings (SSSR count). The van der Waals surface area contributed by atoms with Gasteiger partial charge in [0.15, 0.2) is 0 Å². The van der Waals surface area contributed by atoms with Gasteiger partial charge >= 0.3 is 0 Å². The average Bonchev–Trinajstić information content (AvgIpc) is 2.37. The Kier molecular flexibility index (Phi) is 5.12. The molecule has 0 aliphatic carbocycles. The minimum Gasteiger partial charge on any atom is -0.278 e. The molecule has 3 nitrogen and oxygen atoms in total. The highest BCUT2D eigenvalue weighted by atomic mass is 79.9. The third-order valence-corrected chi connectivity index (χ3v) is 6.51. The largest absolute Gasteiger partial charge is 0.278 e. The fourth-order valence-corrected chi connectivity index (χ4v) is 4.95. The van der Waals surface area contributed by atoms with Crippen molar-refractivity contribution < 1.29 is 12.8 Å². The molecule has 0 unspecified atom stereocenters. The summed E-state index contributed by atoms with van der Waals surface area (Å²) in [5, 5.41) is 0. The van der Waals surface area contributed by atoms with E-state index in [9.17, 15) is 12.8 Å². The van der Waals surface area contributed by atoms with Gasteiger partial charge in [0, 0.05) is 13.4 Å². The summed E-state index contributed by atoms with van der Waals surface area (Å²) in [6, 6.07) is 6.95. The molecule has 0 fully saturated rings. The number of hydrogen-bond donors (Lipinski definition) is 1. The molecule has 0 heterocycles. The van der Waals surface area contributed by atoms with Gasteiger partial charge in [-0.25, -0.2) is 12.8 Å². The predicted octanol–water partition coefficient (Wildman–Crippen LogP) is 5.22. The Morgan fingerprint density at radius 3 is 2.29 bits per heavy atom. The minimum absolute atomic E-state index is 0.0937. The highest BCUT2D eigenvalue weighted by molar-refractivity contribution is 9.11. The van der Waals surface area contributed by atoms with Gasteiger partial charge in [-0.1, -0.05) is 15.9 Å². The summed E-state index contributed by atoms with van der Waals surface area (Å²) in [5.41, 5.74) is 1.17. The average molecular weight is 502 g/mol. The Morgan fingerprint density at radius 2 is 1.67 bits per heavy atom. The van der Waals surface area contributed by atoms with Gasteiger partial charge in [-0.3, -0.25) is 4.72 Å². The molecule has 2 aromatic carbocycles. The minimum atomic E-state index is -3.80. The summed E-state index contributed by atoms with van der Waals surface area (Å²) in [6.07, 6.45) is 0. The molecule has 0 aromatic heterocycles.